The maximum atomic E-state index is 8.88. The van der Waals surface area contributed by atoms with Gasteiger partial charge in [0.05, 0.1) is 0 Å². The number of phosphoric acid groups is 1. The summed E-state index contributed by atoms with van der Waals surface area (Å²) in [5.74, 6) is 0. The van der Waals surface area contributed by atoms with Crippen molar-refractivity contribution in [2.45, 2.75) is 0 Å². The van der Waals surface area contributed by atoms with Gasteiger partial charge >= 0.3 is 15.7 Å². The van der Waals surface area contributed by atoms with Gasteiger partial charge in [0.2, 0.25) is 0 Å². The molecule has 0 bridgehead atoms. The van der Waals surface area contributed by atoms with E-state index in [9.17, 15) is 0 Å². The first-order valence-electron chi connectivity index (χ1n) is 1.35. The molecular weight excluding hydrogens is 174 g/mol. The molecule has 0 aliphatic carbocycles. The average molecular weight is 178 g/mol. The smallest absolute Gasteiger partial charge is 0.303 e. The van der Waals surface area contributed by atoms with Crippen molar-refractivity contribution in [2.75, 3.05) is 0 Å². The van der Waals surface area contributed by atoms with E-state index < -0.39 is 15.7 Å². The molecule has 0 aliphatic rings. The van der Waals surface area contributed by atoms with Crippen LogP contribution in [0.5, 0.6) is 0 Å². The van der Waals surface area contributed by atoms with Gasteiger partial charge in [0.15, 0.2) is 0 Å². The van der Waals surface area contributed by atoms with Gasteiger partial charge in [-0.1, -0.05) is 0 Å². The third-order valence-corrected chi connectivity index (χ3v) is 0. The summed E-state index contributed by atoms with van der Waals surface area (Å²) in [4.78, 5) is 28.6. The summed E-state index contributed by atoms with van der Waals surface area (Å²) in [5.41, 5.74) is 0. The lowest BCUT2D eigenvalue weighted by Gasteiger charge is -1.82. The maximum Gasteiger partial charge on any atom is 0.466 e. The third-order valence-electron chi connectivity index (χ3n) is 0. The Morgan fingerprint density at radius 3 is 1.11 bits per heavy atom. The molecule has 7 nitrogen and oxygen atoms in total. The lowest BCUT2D eigenvalue weighted by atomic mass is 15.8. The van der Waals surface area contributed by atoms with E-state index >= 15 is 0 Å². The van der Waals surface area contributed by atoms with Crippen LogP contribution in [0.1, 0.15) is 0 Å². The topological polar surface area (TPSA) is 132 Å². The Labute approximate surface area is 50.1 Å². The molecule has 0 aromatic rings. The predicted molar refractivity (Wildman–Crippen MR) is 24.8 cm³/mol. The fraction of sp³-hybridized carbons (Fsp3) is 0. The molecule has 0 aromatic carbocycles. The van der Waals surface area contributed by atoms with Gasteiger partial charge in [0, 0.05) is 0 Å². The summed E-state index contributed by atoms with van der Waals surface area (Å²) in [5, 5.41) is 0. The Balaban J connectivity index is 0. The molecule has 0 aromatic heterocycles. The monoisotopic (exact) mass is 178 g/mol. The molecule has 56 valence electrons. The van der Waals surface area contributed by atoms with Gasteiger partial charge in [-0.25, -0.2) is 13.7 Å². The Kier molecular flexibility index (Phi) is 6.27. The van der Waals surface area contributed by atoms with Gasteiger partial charge in [0.1, 0.15) is 0 Å². The summed E-state index contributed by atoms with van der Waals surface area (Å²) in [6.07, 6.45) is 0. The molecule has 0 fully saturated rings. The van der Waals surface area contributed by atoms with E-state index in [4.69, 9.17) is 33.3 Å². The predicted octanol–water partition coefficient (Wildman–Crippen LogP) is -0.862. The second-order valence-corrected chi connectivity index (χ2v) is 2.25. The van der Waals surface area contributed by atoms with Crippen molar-refractivity contribution in [2.24, 2.45) is 0 Å². The van der Waals surface area contributed by atoms with Crippen molar-refractivity contribution in [3.8, 4) is 0 Å². The maximum absolute atomic E-state index is 8.88. The standard InChI is InChI=1S/H3O4P.HO3P/c1-5(2,3)4;1-4(2)3/h(H3,1,2,3,4);(H,1,2,3). The van der Waals surface area contributed by atoms with Crippen LogP contribution in [0.2, 0.25) is 0 Å². The second kappa shape index (κ2) is 4.81. The molecule has 0 saturated carbocycles. The van der Waals surface area contributed by atoms with Crippen LogP contribution in [-0.2, 0) is 13.7 Å². The molecule has 0 heterocycles. The molecule has 0 saturated heterocycles. The first-order valence-corrected chi connectivity index (χ1v) is 4.04. The minimum Gasteiger partial charge on any atom is -0.303 e. The number of hydrogen-bond acceptors (Lipinski definition) is 3. The van der Waals surface area contributed by atoms with E-state index in [0.29, 0.717) is 0 Å². The van der Waals surface area contributed by atoms with Crippen molar-refractivity contribution in [1.82, 2.24) is 0 Å². The summed E-state index contributed by atoms with van der Waals surface area (Å²) in [6.45, 7) is 0. The molecule has 9 heteroatoms. The molecule has 0 amide bonds. The number of rotatable bonds is 0. The van der Waals surface area contributed by atoms with Crippen LogP contribution in [-0.4, -0.2) is 19.6 Å². The highest BCUT2D eigenvalue weighted by Gasteiger charge is 2.00. The third kappa shape index (κ3) is 316000. The SMILES string of the molecule is O=P(=O)O.O=P(O)(O)O. The lowest BCUT2D eigenvalue weighted by Crippen LogP contribution is -1.66. The minimum absolute atomic E-state index is 3.12. The second-order valence-electron chi connectivity index (χ2n) is 0.751. The highest BCUT2D eigenvalue weighted by Crippen LogP contribution is 2.25. The quantitative estimate of drug-likeness (QED) is 0.354. The molecular formula is H4O7P2. The zero-order valence-electron chi connectivity index (χ0n) is 3.91. The van der Waals surface area contributed by atoms with E-state index in [0.717, 1.165) is 0 Å². The average Bonchev–Trinajstić information content (AvgIpc) is 1.19. The van der Waals surface area contributed by atoms with Crippen molar-refractivity contribution >= 4 is 15.7 Å². The van der Waals surface area contributed by atoms with E-state index in [1.807, 2.05) is 0 Å². The van der Waals surface area contributed by atoms with Gasteiger partial charge in [-0.05, 0) is 0 Å². The van der Waals surface area contributed by atoms with E-state index in [1.54, 1.807) is 0 Å². The normalized spacial score (nSPS) is 9.33. The van der Waals surface area contributed by atoms with Crippen LogP contribution < -0.4 is 0 Å². The summed E-state index contributed by atoms with van der Waals surface area (Å²) >= 11 is 0. The highest BCUT2D eigenvalue weighted by atomic mass is 31.2. The Hall–Kier alpha value is -0.0300. The van der Waals surface area contributed by atoms with Gasteiger partial charge in [-0.2, -0.15) is 0 Å². The molecule has 0 aliphatic heterocycles. The van der Waals surface area contributed by atoms with Crippen LogP contribution in [0.3, 0.4) is 0 Å². The largest absolute Gasteiger partial charge is 0.466 e. The van der Waals surface area contributed by atoms with Crippen LogP contribution in [0.25, 0.3) is 0 Å². The number of hydrogen-bond donors (Lipinski definition) is 4. The Morgan fingerprint density at radius 2 is 1.11 bits per heavy atom. The van der Waals surface area contributed by atoms with Crippen molar-refractivity contribution in [3.05, 3.63) is 0 Å². The van der Waals surface area contributed by atoms with Gasteiger partial charge in [-0.3, -0.25) is 4.89 Å². The van der Waals surface area contributed by atoms with Gasteiger partial charge in [-0.15, -0.1) is 0 Å². The minimum atomic E-state index is -4.64. The van der Waals surface area contributed by atoms with Gasteiger partial charge < -0.3 is 14.7 Å². The van der Waals surface area contributed by atoms with Crippen LogP contribution >= 0.6 is 15.7 Å². The van der Waals surface area contributed by atoms with Crippen molar-refractivity contribution in [1.29, 1.82) is 0 Å². The molecule has 0 spiro atoms. The van der Waals surface area contributed by atoms with Crippen LogP contribution in [0, 0.1) is 0 Å². The van der Waals surface area contributed by atoms with Gasteiger partial charge in [0.25, 0.3) is 0 Å². The molecule has 0 rings (SSSR count). The van der Waals surface area contributed by atoms with E-state index in [-0.39, 0.29) is 0 Å². The van der Waals surface area contributed by atoms with Crippen LogP contribution in [0.15, 0.2) is 0 Å². The molecule has 0 atom stereocenters. The fourth-order valence-corrected chi connectivity index (χ4v) is 0. The highest BCUT2D eigenvalue weighted by molar-refractivity contribution is 7.45. The molecule has 0 radical (unpaired) electrons. The summed E-state index contributed by atoms with van der Waals surface area (Å²) < 4.78 is 26.1. The zero-order valence-corrected chi connectivity index (χ0v) is 5.70. The first-order chi connectivity index (χ1) is 3.73. The van der Waals surface area contributed by atoms with Crippen molar-refractivity contribution < 1.29 is 33.3 Å². The zero-order chi connectivity index (χ0) is 8.08. The Bertz CT molecular complexity index is 141. The molecule has 0 unspecified atom stereocenters. The first kappa shape index (κ1) is 11.7. The van der Waals surface area contributed by atoms with Crippen molar-refractivity contribution in [3.63, 3.8) is 0 Å². The van der Waals surface area contributed by atoms with E-state index in [2.05, 4.69) is 0 Å². The Morgan fingerprint density at radius 1 is 1.11 bits per heavy atom. The lowest BCUT2D eigenvalue weighted by molar-refractivity contribution is 0.275. The summed E-state index contributed by atoms with van der Waals surface area (Å²) in [6, 6.07) is 0. The fourth-order valence-electron chi connectivity index (χ4n) is 0. The molecule has 9 heavy (non-hydrogen) atoms. The van der Waals surface area contributed by atoms with E-state index in [1.165, 1.54) is 0 Å². The van der Waals surface area contributed by atoms with Crippen LogP contribution in [0.4, 0.5) is 0 Å². The molecule has 4 N–H and O–H groups in total. The summed E-state index contributed by atoms with van der Waals surface area (Å²) in [7, 11) is -7.76.